The zero-order chi connectivity index (χ0) is 18.5. The average molecular weight is 537 g/mol. The van der Waals surface area contributed by atoms with Crippen LogP contribution in [0.15, 0.2) is 33.7 Å². The van der Waals surface area contributed by atoms with Gasteiger partial charge in [-0.15, -0.1) is 24.0 Å². The van der Waals surface area contributed by atoms with Gasteiger partial charge in [-0.3, -0.25) is 4.79 Å². The van der Waals surface area contributed by atoms with Gasteiger partial charge in [0.2, 0.25) is 5.91 Å². The summed E-state index contributed by atoms with van der Waals surface area (Å²) in [6, 6.07) is 8.39. The predicted octanol–water partition coefficient (Wildman–Crippen LogP) is 3.57. The molecule has 0 atom stereocenters. The van der Waals surface area contributed by atoms with Crippen LogP contribution in [0.2, 0.25) is 0 Å². The van der Waals surface area contributed by atoms with Gasteiger partial charge in [0.05, 0.1) is 0 Å². The Balaban J connectivity index is 0.00000338. The van der Waals surface area contributed by atoms with Crippen LogP contribution in [0.25, 0.3) is 0 Å². The Bertz CT molecular complexity index is 639. The molecule has 0 radical (unpaired) electrons. The van der Waals surface area contributed by atoms with E-state index >= 15 is 0 Å². The van der Waals surface area contributed by atoms with E-state index in [2.05, 4.69) is 55.1 Å². The molecule has 3 N–H and O–H groups in total. The molecule has 0 bridgehead atoms. The first kappa shape index (κ1) is 23.2. The Morgan fingerprint density at radius 2 is 1.88 bits per heavy atom. The van der Waals surface area contributed by atoms with Gasteiger partial charge in [-0.1, -0.05) is 34.1 Å². The van der Waals surface area contributed by atoms with Crippen molar-refractivity contribution in [3.8, 4) is 0 Å². The summed E-state index contributed by atoms with van der Waals surface area (Å²) in [5, 5.41) is 9.55. The number of carbonyl (C=O) groups excluding carboxylic acids is 1. The van der Waals surface area contributed by atoms with Crippen LogP contribution in [-0.4, -0.2) is 37.0 Å². The number of nitrogens with one attached hydrogen (secondary N) is 3. The molecule has 0 spiro atoms. The van der Waals surface area contributed by atoms with Crippen molar-refractivity contribution in [3.05, 3.63) is 34.3 Å². The van der Waals surface area contributed by atoms with Crippen molar-refractivity contribution < 1.29 is 4.79 Å². The minimum absolute atomic E-state index is 0. The molecule has 1 aromatic carbocycles. The van der Waals surface area contributed by atoms with Crippen molar-refractivity contribution in [2.24, 2.45) is 4.99 Å². The number of guanidine groups is 1. The first-order chi connectivity index (χ1) is 11.8. The quantitative estimate of drug-likeness (QED) is 0.296. The van der Waals surface area contributed by atoms with Gasteiger partial charge in [0.15, 0.2) is 5.96 Å². The third kappa shape index (κ3) is 7.06. The van der Waals surface area contributed by atoms with Crippen molar-refractivity contribution in [2.75, 3.05) is 19.6 Å². The third-order valence-corrected chi connectivity index (χ3v) is 4.82. The number of nitrogens with zero attached hydrogens (tertiary/aromatic N) is 1. The lowest BCUT2D eigenvalue weighted by atomic mass is 9.96. The van der Waals surface area contributed by atoms with Crippen LogP contribution in [-0.2, 0) is 10.2 Å². The van der Waals surface area contributed by atoms with E-state index in [1.165, 1.54) is 5.56 Å². The Morgan fingerprint density at radius 1 is 1.23 bits per heavy atom. The van der Waals surface area contributed by atoms with Crippen LogP contribution >= 0.6 is 39.9 Å². The average Bonchev–Trinajstić information content (AvgIpc) is 3.30. The number of amides is 1. The lowest BCUT2D eigenvalue weighted by Crippen LogP contribution is -2.44. The maximum Gasteiger partial charge on any atom is 0.242 e. The van der Waals surface area contributed by atoms with Crippen molar-refractivity contribution in [3.63, 3.8) is 0 Å². The number of halogens is 2. The van der Waals surface area contributed by atoms with E-state index < -0.39 is 0 Å². The molecule has 0 aliphatic heterocycles. The summed E-state index contributed by atoms with van der Waals surface area (Å²) in [7, 11) is 0. The standard InChI is InChI=1S/C19H29BrN4O.HI/c1-5-21-17(22-12-16(25)24-18(2,3)4)23-13-19(10-11-19)14-8-6-7-9-15(14)20;/h6-9H,5,10-13H2,1-4H3,(H,24,25)(H2,21,22,23);1H. The second-order valence-corrected chi connectivity index (χ2v) is 8.46. The van der Waals surface area contributed by atoms with Crippen LogP contribution in [0, 0.1) is 0 Å². The molecule has 1 amide bonds. The fourth-order valence-electron chi connectivity index (χ4n) is 2.79. The van der Waals surface area contributed by atoms with Crippen LogP contribution in [0.3, 0.4) is 0 Å². The lowest BCUT2D eigenvalue weighted by Gasteiger charge is -2.21. The maximum absolute atomic E-state index is 12.0. The van der Waals surface area contributed by atoms with Gasteiger partial charge in [0, 0.05) is 28.5 Å². The molecule has 0 unspecified atom stereocenters. The Hall–Kier alpha value is -0.830. The van der Waals surface area contributed by atoms with Gasteiger partial charge in [-0.05, 0) is 52.2 Å². The Morgan fingerprint density at radius 3 is 2.42 bits per heavy atom. The Kier molecular flexibility index (Phi) is 8.85. The summed E-state index contributed by atoms with van der Waals surface area (Å²) in [5.41, 5.74) is 1.25. The molecule has 1 fully saturated rings. The topological polar surface area (TPSA) is 65.5 Å². The van der Waals surface area contributed by atoms with Crippen LogP contribution < -0.4 is 16.0 Å². The van der Waals surface area contributed by atoms with Gasteiger partial charge in [0.25, 0.3) is 0 Å². The van der Waals surface area contributed by atoms with Gasteiger partial charge in [0.1, 0.15) is 6.54 Å². The highest BCUT2D eigenvalue weighted by atomic mass is 127. The number of rotatable bonds is 6. The van der Waals surface area contributed by atoms with Crippen molar-refractivity contribution >= 4 is 51.8 Å². The van der Waals surface area contributed by atoms with E-state index in [9.17, 15) is 4.79 Å². The van der Waals surface area contributed by atoms with Crippen LogP contribution in [0.4, 0.5) is 0 Å². The smallest absolute Gasteiger partial charge is 0.242 e. The number of hydrogen-bond acceptors (Lipinski definition) is 2. The summed E-state index contributed by atoms with van der Waals surface area (Å²) in [5.74, 6) is 0.613. The fourth-order valence-corrected chi connectivity index (χ4v) is 3.49. The summed E-state index contributed by atoms with van der Waals surface area (Å²) in [6.45, 7) is 9.60. The van der Waals surface area contributed by atoms with Crippen LogP contribution in [0.1, 0.15) is 46.1 Å². The SMILES string of the molecule is CCNC(=NCC(=O)NC(C)(C)C)NCC1(c2ccccc2Br)CC1.I. The summed E-state index contributed by atoms with van der Waals surface area (Å²) in [4.78, 5) is 16.4. The van der Waals surface area contributed by atoms with E-state index in [1.54, 1.807) is 0 Å². The maximum atomic E-state index is 12.0. The molecule has 1 aliphatic carbocycles. The van der Waals surface area contributed by atoms with Crippen molar-refractivity contribution in [1.82, 2.24) is 16.0 Å². The van der Waals surface area contributed by atoms with E-state index in [4.69, 9.17) is 0 Å². The van der Waals surface area contributed by atoms with Crippen molar-refractivity contribution in [2.45, 2.75) is 51.5 Å². The lowest BCUT2D eigenvalue weighted by molar-refractivity contribution is -0.121. The summed E-state index contributed by atoms with van der Waals surface area (Å²) >= 11 is 3.66. The number of aliphatic imine (C=N–C) groups is 1. The zero-order valence-corrected chi connectivity index (χ0v) is 19.9. The number of carbonyl (C=O) groups is 1. The predicted molar refractivity (Wildman–Crippen MR) is 122 cm³/mol. The van der Waals surface area contributed by atoms with E-state index in [0.717, 1.165) is 30.4 Å². The van der Waals surface area contributed by atoms with Gasteiger partial charge >= 0.3 is 0 Å². The molecular weight excluding hydrogens is 507 g/mol. The highest BCUT2D eigenvalue weighted by Gasteiger charge is 2.45. The molecular formula is C19H30BrIN4O. The van der Waals surface area contributed by atoms with Gasteiger partial charge < -0.3 is 16.0 Å². The Labute approximate surface area is 182 Å². The van der Waals surface area contributed by atoms with E-state index in [1.807, 2.05) is 33.8 Å². The minimum atomic E-state index is -0.240. The van der Waals surface area contributed by atoms with E-state index in [0.29, 0.717) is 5.96 Å². The van der Waals surface area contributed by atoms with Crippen LogP contribution in [0.5, 0.6) is 0 Å². The second-order valence-electron chi connectivity index (χ2n) is 7.61. The van der Waals surface area contributed by atoms with E-state index in [-0.39, 0.29) is 47.4 Å². The highest BCUT2D eigenvalue weighted by molar-refractivity contribution is 14.0. The molecule has 1 aromatic rings. The zero-order valence-electron chi connectivity index (χ0n) is 16.0. The van der Waals surface area contributed by atoms with Crippen molar-refractivity contribution in [1.29, 1.82) is 0 Å². The second kappa shape index (κ2) is 9.92. The summed E-state index contributed by atoms with van der Waals surface area (Å²) in [6.07, 6.45) is 2.32. The monoisotopic (exact) mass is 536 g/mol. The number of benzene rings is 1. The molecule has 1 aliphatic rings. The molecule has 5 nitrogen and oxygen atoms in total. The van der Waals surface area contributed by atoms with Gasteiger partial charge in [-0.25, -0.2) is 4.99 Å². The minimum Gasteiger partial charge on any atom is -0.357 e. The largest absolute Gasteiger partial charge is 0.357 e. The molecule has 26 heavy (non-hydrogen) atoms. The molecule has 0 heterocycles. The molecule has 7 heteroatoms. The fraction of sp³-hybridized carbons (Fsp3) is 0.579. The molecule has 0 aromatic heterocycles. The molecule has 2 rings (SSSR count). The first-order valence-corrected chi connectivity index (χ1v) is 9.63. The highest BCUT2D eigenvalue weighted by Crippen LogP contribution is 2.49. The normalized spacial score (nSPS) is 15.7. The number of hydrogen-bond donors (Lipinski definition) is 3. The van der Waals surface area contributed by atoms with Gasteiger partial charge in [-0.2, -0.15) is 0 Å². The first-order valence-electron chi connectivity index (χ1n) is 8.84. The third-order valence-electron chi connectivity index (χ3n) is 4.13. The summed E-state index contributed by atoms with van der Waals surface area (Å²) < 4.78 is 1.15. The molecule has 146 valence electrons. The molecule has 1 saturated carbocycles. The molecule has 0 saturated heterocycles.